The topological polar surface area (TPSA) is 58.6 Å². The van der Waals surface area contributed by atoms with E-state index >= 15 is 0 Å². The molecule has 106 valence electrons. The largest absolute Gasteiger partial charge is 0.445 e. The van der Waals surface area contributed by atoms with Crippen molar-refractivity contribution < 1.29 is 14.6 Å². The van der Waals surface area contributed by atoms with Gasteiger partial charge in [-0.2, -0.15) is 11.8 Å². The van der Waals surface area contributed by atoms with Crippen molar-refractivity contribution in [1.82, 2.24) is 5.32 Å². The Hall–Kier alpha value is -1.20. The molecule has 5 heteroatoms. The van der Waals surface area contributed by atoms with Crippen LogP contribution < -0.4 is 5.32 Å². The fourth-order valence-electron chi connectivity index (χ4n) is 1.32. The van der Waals surface area contributed by atoms with Crippen molar-refractivity contribution in [2.24, 2.45) is 0 Å². The molecule has 0 radical (unpaired) electrons. The zero-order valence-corrected chi connectivity index (χ0v) is 12.2. The van der Waals surface area contributed by atoms with Crippen LogP contribution >= 0.6 is 11.8 Å². The molecule has 0 unspecified atom stereocenters. The van der Waals surface area contributed by atoms with Crippen molar-refractivity contribution in [3.8, 4) is 0 Å². The molecule has 0 aliphatic carbocycles. The number of ether oxygens (including phenoxy) is 1. The maximum atomic E-state index is 11.4. The van der Waals surface area contributed by atoms with E-state index in [1.54, 1.807) is 25.6 Å². The number of benzene rings is 1. The number of carbonyl (C=O) groups is 1. The third-order valence-corrected chi connectivity index (χ3v) is 3.59. The van der Waals surface area contributed by atoms with Crippen LogP contribution in [0.25, 0.3) is 0 Å². The van der Waals surface area contributed by atoms with E-state index in [2.05, 4.69) is 5.32 Å². The van der Waals surface area contributed by atoms with E-state index in [-0.39, 0.29) is 6.61 Å². The van der Waals surface area contributed by atoms with Crippen LogP contribution in [0.2, 0.25) is 0 Å². The number of hydrogen-bond acceptors (Lipinski definition) is 4. The van der Waals surface area contributed by atoms with Crippen LogP contribution in [0.1, 0.15) is 19.4 Å². The number of nitrogens with one attached hydrogen (secondary N) is 1. The highest BCUT2D eigenvalue weighted by atomic mass is 32.2. The van der Waals surface area contributed by atoms with Gasteiger partial charge in [0, 0.05) is 18.1 Å². The Morgan fingerprint density at radius 3 is 2.68 bits per heavy atom. The van der Waals surface area contributed by atoms with Crippen LogP contribution in [-0.2, 0) is 11.3 Å². The summed E-state index contributed by atoms with van der Waals surface area (Å²) in [5, 5.41) is 12.2. The van der Waals surface area contributed by atoms with Gasteiger partial charge in [0.1, 0.15) is 6.61 Å². The fourth-order valence-corrected chi connectivity index (χ4v) is 2.21. The van der Waals surface area contributed by atoms with Crippen molar-refractivity contribution in [3.63, 3.8) is 0 Å². The third kappa shape index (κ3) is 8.51. The molecule has 19 heavy (non-hydrogen) atoms. The monoisotopic (exact) mass is 283 g/mol. The molecule has 1 aromatic carbocycles. The lowest BCUT2D eigenvalue weighted by Crippen LogP contribution is -2.28. The Bertz CT molecular complexity index is 376. The molecular weight excluding hydrogens is 262 g/mol. The minimum absolute atomic E-state index is 0.281. The minimum Gasteiger partial charge on any atom is -0.445 e. The number of rotatable bonds is 7. The summed E-state index contributed by atoms with van der Waals surface area (Å²) in [4.78, 5) is 11.4. The molecule has 1 aromatic rings. The quantitative estimate of drug-likeness (QED) is 0.755. The first-order chi connectivity index (χ1) is 8.97. The standard InChI is InChI=1S/C14H21NO3S/c1-14(2,17)11-19-9-8-15-13(16)18-10-12-6-4-3-5-7-12/h3-7,17H,8-11H2,1-2H3,(H,15,16). The smallest absolute Gasteiger partial charge is 0.407 e. The lowest BCUT2D eigenvalue weighted by atomic mass is 10.2. The number of alkyl carbamates (subject to hydrolysis) is 1. The molecular formula is C14H21NO3S. The van der Waals surface area contributed by atoms with Gasteiger partial charge in [0.05, 0.1) is 5.60 Å². The molecule has 0 bridgehead atoms. The Morgan fingerprint density at radius 1 is 1.37 bits per heavy atom. The predicted molar refractivity (Wildman–Crippen MR) is 78.3 cm³/mol. The van der Waals surface area contributed by atoms with Gasteiger partial charge in [0.15, 0.2) is 0 Å². The Balaban J connectivity index is 2.06. The van der Waals surface area contributed by atoms with Crippen LogP contribution in [0.15, 0.2) is 30.3 Å². The summed E-state index contributed by atoms with van der Waals surface area (Å²) >= 11 is 1.60. The van der Waals surface area contributed by atoms with E-state index in [1.807, 2.05) is 30.3 Å². The van der Waals surface area contributed by atoms with Gasteiger partial charge in [-0.15, -0.1) is 0 Å². The van der Waals surface area contributed by atoms with Gasteiger partial charge in [-0.05, 0) is 19.4 Å². The molecule has 0 spiro atoms. The Kier molecular flexibility index (Phi) is 6.73. The summed E-state index contributed by atoms with van der Waals surface area (Å²) in [6.07, 6.45) is -0.410. The van der Waals surface area contributed by atoms with Crippen LogP contribution in [0.5, 0.6) is 0 Å². The summed E-state index contributed by atoms with van der Waals surface area (Å²) in [5.74, 6) is 1.40. The normalized spacial score (nSPS) is 11.1. The Morgan fingerprint density at radius 2 is 2.05 bits per heavy atom. The van der Waals surface area contributed by atoms with Gasteiger partial charge in [-0.3, -0.25) is 0 Å². The van der Waals surface area contributed by atoms with Gasteiger partial charge in [0.25, 0.3) is 0 Å². The highest BCUT2D eigenvalue weighted by molar-refractivity contribution is 7.99. The molecule has 4 nitrogen and oxygen atoms in total. The van der Waals surface area contributed by atoms with E-state index < -0.39 is 11.7 Å². The van der Waals surface area contributed by atoms with Gasteiger partial charge < -0.3 is 15.2 Å². The van der Waals surface area contributed by atoms with Gasteiger partial charge in [-0.25, -0.2) is 4.79 Å². The molecule has 0 saturated carbocycles. The van der Waals surface area contributed by atoms with Crippen molar-refractivity contribution >= 4 is 17.9 Å². The summed E-state index contributed by atoms with van der Waals surface area (Å²) < 4.78 is 5.07. The average molecular weight is 283 g/mol. The average Bonchev–Trinajstić information content (AvgIpc) is 2.36. The molecule has 0 aliphatic rings. The van der Waals surface area contributed by atoms with Crippen molar-refractivity contribution in [1.29, 1.82) is 0 Å². The first kappa shape index (κ1) is 15.9. The number of amides is 1. The fraction of sp³-hybridized carbons (Fsp3) is 0.500. The number of thioether (sulfide) groups is 1. The second-order valence-electron chi connectivity index (χ2n) is 4.85. The predicted octanol–water partition coefficient (Wildman–Crippen LogP) is 2.42. The number of aliphatic hydroxyl groups is 1. The summed E-state index contributed by atoms with van der Waals surface area (Å²) in [5.41, 5.74) is 0.299. The molecule has 0 aromatic heterocycles. The van der Waals surface area contributed by atoms with Crippen LogP contribution in [0.4, 0.5) is 4.79 Å². The SMILES string of the molecule is CC(C)(O)CSCCNC(=O)OCc1ccccc1. The molecule has 0 atom stereocenters. The van der Waals surface area contributed by atoms with E-state index in [1.165, 1.54) is 0 Å². The lowest BCUT2D eigenvalue weighted by molar-refractivity contribution is 0.107. The second kappa shape index (κ2) is 8.07. The summed E-state index contributed by atoms with van der Waals surface area (Å²) in [6.45, 7) is 4.35. The summed E-state index contributed by atoms with van der Waals surface area (Å²) in [6, 6.07) is 9.55. The highest BCUT2D eigenvalue weighted by Crippen LogP contribution is 2.10. The van der Waals surface area contributed by atoms with Crippen LogP contribution in [-0.4, -0.2) is 34.9 Å². The molecule has 2 N–H and O–H groups in total. The molecule has 1 amide bonds. The molecule has 0 aliphatic heterocycles. The van der Waals surface area contributed by atoms with E-state index in [4.69, 9.17) is 4.74 Å². The lowest BCUT2D eigenvalue weighted by Gasteiger charge is -2.16. The number of carbonyl (C=O) groups excluding carboxylic acids is 1. The number of hydrogen-bond donors (Lipinski definition) is 2. The van der Waals surface area contributed by atoms with Crippen LogP contribution in [0.3, 0.4) is 0 Å². The second-order valence-corrected chi connectivity index (χ2v) is 5.96. The van der Waals surface area contributed by atoms with Crippen LogP contribution in [0, 0.1) is 0 Å². The van der Waals surface area contributed by atoms with E-state index in [0.29, 0.717) is 12.3 Å². The van der Waals surface area contributed by atoms with Crippen molar-refractivity contribution in [2.75, 3.05) is 18.1 Å². The molecule has 0 fully saturated rings. The Labute approximate surface area is 118 Å². The molecule has 0 saturated heterocycles. The maximum absolute atomic E-state index is 11.4. The third-order valence-electron chi connectivity index (χ3n) is 2.18. The first-order valence-corrected chi connectivity index (χ1v) is 7.37. The zero-order chi connectivity index (χ0) is 14.1. The van der Waals surface area contributed by atoms with E-state index in [9.17, 15) is 9.90 Å². The maximum Gasteiger partial charge on any atom is 0.407 e. The van der Waals surface area contributed by atoms with Gasteiger partial charge in [0.2, 0.25) is 0 Å². The molecule has 1 rings (SSSR count). The zero-order valence-electron chi connectivity index (χ0n) is 11.4. The van der Waals surface area contributed by atoms with Crippen molar-refractivity contribution in [3.05, 3.63) is 35.9 Å². The first-order valence-electron chi connectivity index (χ1n) is 6.22. The van der Waals surface area contributed by atoms with Gasteiger partial charge >= 0.3 is 6.09 Å². The van der Waals surface area contributed by atoms with E-state index in [0.717, 1.165) is 11.3 Å². The highest BCUT2D eigenvalue weighted by Gasteiger charge is 2.11. The van der Waals surface area contributed by atoms with Gasteiger partial charge in [-0.1, -0.05) is 30.3 Å². The molecule has 0 heterocycles. The summed E-state index contributed by atoms with van der Waals surface area (Å²) in [7, 11) is 0. The van der Waals surface area contributed by atoms with Crippen molar-refractivity contribution in [2.45, 2.75) is 26.1 Å². The minimum atomic E-state index is -0.668.